The molecule has 0 saturated carbocycles. The summed E-state index contributed by atoms with van der Waals surface area (Å²) in [5.41, 5.74) is 1.91. The van der Waals surface area contributed by atoms with Gasteiger partial charge in [-0.3, -0.25) is 4.79 Å². The Hall–Kier alpha value is -2.70. The summed E-state index contributed by atoms with van der Waals surface area (Å²) in [4.78, 5) is 26.6. The molecule has 1 fully saturated rings. The monoisotopic (exact) mass is 383 g/mol. The third-order valence-electron chi connectivity index (χ3n) is 4.96. The number of ether oxygens (including phenoxy) is 2. The van der Waals surface area contributed by atoms with E-state index in [1.807, 2.05) is 17.0 Å². The van der Waals surface area contributed by atoms with Gasteiger partial charge >= 0.3 is 5.97 Å². The molecule has 0 aromatic heterocycles. The molecule has 6 nitrogen and oxygen atoms in total. The van der Waals surface area contributed by atoms with Gasteiger partial charge < -0.3 is 19.5 Å². The molecule has 1 aliphatic rings. The number of aromatic carboxylic acids is 1. The first kappa shape index (κ1) is 20.0. The number of benzene rings is 2. The summed E-state index contributed by atoms with van der Waals surface area (Å²) in [6, 6.07) is 14.0. The molecular weight excluding hydrogens is 358 g/mol. The summed E-state index contributed by atoms with van der Waals surface area (Å²) in [6.45, 7) is 3.03. The molecule has 1 aliphatic heterocycles. The summed E-state index contributed by atoms with van der Waals surface area (Å²) in [7, 11) is 1.64. The maximum atomic E-state index is 13.2. The number of amides is 1. The second kappa shape index (κ2) is 9.48. The Bertz CT molecular complexity index is 835. The topological polar surface area (TPSA) is 76.1 Å². The van der Waals surface area contributed by atoms with Crippen molar-refractivity contribution in [2.24, 2.45) is 5.92 Å². The Labute approximate surface area is 164 Å². The highest BCUT2D eigenvalue weighted by Gasteiger charge is 2.28. The highest BCUT2D eigenvalue weighted by Crippen LogP contribution is 2.29. The van der Waals surface area contributed by atoms with Crippen molar-refractivity contribution in [3.8, 4) is 11.1 Å². The van der Waals surface area contributed by atoms with Crippen LogP contribution < -0.4 is 0 Å². The highest BCUT2D eigenvalue weighted by atomic mass is 16.5. The number of hydrogen-bond donors (Lipinski definition) is 1. The molecule has 1 amide bonds. The maximum Gasteiger partial charge on any atom is 0.336 e. The molecule has 0 aliphatic carbocycles. The summed E-state index contributed by atoms with van der Waals surface area (Å²) in [6.07, 6.45) is 0.895. The predicted octanol–water partition coefficient (Wildman–Crippen LogP) is 3.18. The molecule has 1 saturated heterocycles. The molecular formula is C22H25NO5. The van der Waals surface area contributed by atoms with Crippen LogP contribution in [0.1, 0.15) is 27.1 Å². The van der Waals surface area contributed by atoms with Crippen molar-refractivity contribution in [1.29, 1.82) is 0 Å². The molecule has 6 heteroatoms. The molecule has 2 aromatic carbocycles. The number of carboxylic acids is 1. The first-order valence-electron chi connectivity index (χ1n) is 9.39. The van der Waals surface area contributed by atoms with E-state index in [0.29, 0.717) is 55.5 Å². The fourth-order valence-corrected chi connectivity index (χ4v) is 3.52. The summed E-state index contributed by atoms with van der Waals surface area (Å²) < 4.78 is 10.6. The average molecular weight is 383 g/mol. The van der Waals surface area contributed by atoms with Crippen LogP contribution in [0.2, 0.25) is 0 Å². The number of carboxylic acid groups (broad SMARTS) is 1. The van der Waals surface area contributed by atoms with Crippen molar-refractivity contribution in [2.45, 2.75) is 6.42 Å². The Morgan fingerprint density at radius 1 is 1.04 bits per heavy atom. The van der Waals surface area contributed by atoms with E-state index in [1.165, 1.54) is 0 Å². The lowest BCUT2D eigenvalue weighted by atomic mass is 9.95. The molecule has 1 heterocycles. The van der Waals surface area contributed by atoms with Gasteiger partial charge in [-0.2, -0.15) is 0 Å². The quantitative estimate of drug-likeness (QED) is 0.709. The van der Waals surface area contributed by atoms with Gasteiger partial charge in [0.15, 0.2) is 0 Å². The zero-order valence-corrected chi connectivity index (χ0v) is 16.0. The van der Waals surface area contributed by atoms with Crippen molar-refractivity contribution >= 4 is 11.9 Å². The molecule has 3 rings (SSSR count). The normalized spacial score (nSPS) is 16.3. The van der Waals surface area contributed by atoms with Crippen molar-refractivity contribution in [1.82, 2.24) is 4.90 Å². The maximum absolute atomic E-state index is 13.2. The summed E-state index contributed by atoms with van der Waals surface area (Å²) >= 11 is 0. The summed E-state index contributed by atoms with van der Waals surface area (Å²) in [5, 5.41) is 9.51. The first-order chi connectivity index (χ1) is 13.6. The van der Waals surface area contributed by atoms with Gasteiger partial charge in [0.1, 0.15) is 0 Å². The van der Waals surface area contributed by atoms with Crippen LogP contribution in [0.5, 0.6) is 0 Å². The van der Waals surface area contributed by atoms with Crippen LogP contribution in [0, 0.1) is 5.92 Å². The number of rotatable bonds is 8. The minimum absolute atomic E-state index is 0.0739. The molecule has 0 bridgehead atoms. The lowest BCUT2D eigenvalue weighted by molar-refractivity contribution is 0.0515. The van der Waals surface area contributed by atoms with Gasteiger partial charge in [-0.1, -0.05) is 36.4 Å². The number of carbonyl (C=O) groups excluding carboxylic acids is 1. The average Bonchev–Trinajstić information content (AvgIpc) is 3.19. The van der Waals surface area contributed by atoms with Gasteiger partial charge in [0.05, 0.1) is 25.4 Å². The van der Waals surface area contributed by atoms with Crippen LogP contribution in [0.15, 0.2) is 48.5 Å². The van der Waals surface area contributed by atoms with Crippen molar-refractivity contribution < 1.29 is 24.2 Å². The zero-order chi connectivity index (χ0) is 19.9. The second-order valence-electron chi connectivity index (χ2n) is 6.87. The molecule has 2 aromatic rings. The minimum Gasteiger partial charge on any atom is -0.478 e. The largest absolute Gasteiger partial charge is 0.478 e. The molecule has 1 unspecified atom stereocenters. The van der Waals surface area contributed by atoms with Crippen molar-refractivity contribution in [3.63, 3.8) is 0 Å². The molecule has 28 heavy (non-hydrogen) atoms. The van der Waals surface area contributed by atoms with Crippen molar-refractivity contribution in [3.05, 3.63) is 59.7 Å². The first-order valence-corrected chi connectivity index (χ1v) is 9.39. The van der Waals surface area contributed by atoms with E-state index in [1.54, 1.807) is 43.5 Å². The Morgan fingerprint density at radius 3 is 2.36 bits per heavy atom. The van der Waals surface area contributed by atoms with E-state index in [0.717, 1.165) is 6.42 Å². The van der Waals surface area contributed by atoms with Gasteiger partial charge in [-0.15, -0.1) is 0 Å². The van der Waals surface area contributed by atoms with Crippen LogP contribution >= 0.6 is 0 Å². The number of methoxy groups -OCH3 is 1. The standard InChI is InChI=1S/C22H25NO5/c1-27-12-13-28-15-16-10-11-23(14-16)21(24)19-8-4-2-6-17(19)18-7-3-5-9-20(18)22(25)26/h2-9,16H,10-15H2,1H3,(H,25,26). The Kier molecular flexibility index (Phi) is 6.79. The van der Waals surface area contributed by atoms with Gasteiger partial charge in [0.25, 0.3) is 5.91 Å². The van der Waals surface area contributed by atoms with Gasteiger partial charge in [0.2, 0.25) is 0 Å². The smallest absolute Gasteiger partial charge is 0.336 e. The molecule has 0 spiro atoms. The third-order valence-corrected chi connectivity index (χ3v) is 4.96. The second-order valence-corrected chi connectivity index (χ2v) is 6.87. The molecule has 0 radical (unpaired) electrons. The zero-order valence-electron chi connectivity index (χ0n) is 16.0. The van der Waals surface area contributed by atoms with Gasteiger partial charge in [-0.05, 0) is 29.7 Å². The van der Waals surface area contributed by atoms with E-state index in [9.17, 15) is 14.7 Å². The van der Waals surface area contributed by atoms with E-state index in [-0.39, 0.29) is 11.5 Å². The fourth-order valence-electron chi connectivity index (χ4n) is 3.52. The lowest BCUT2D eigenvalue weighted by Gasteiger charge is -2.19. The third kappa shape index (κ3) is 4.58. The minimum atomic E-state index is -1.01. The van der Waals surface area contributed by atoms with Crippen molar-refractivity contribution in [2.75, 3.05) is 40.0 Å². The highest BCUT2D eigenvalue weighted by molar-refractivity contribution is 6.04. The number of likely N-dealkylation sites (tertiary alicyclic amines) is 1. The van der Waals surface area contributed by atoms with Gasteiger partial charge in [0, 0.05) is 31.7 Å². The van der Waals surface area contributed by atoms with Crippen LogP contribution in [0.25, 0.3) is 11.1 Å². The molecule has 1 N–H and O–H groups in total. The number of hydrogen-bond acceptors (Lipinski definition) is 4. The van der Waals surface area contributed by atoms with Crippen LogP contribution in [-0.2, 0) is 9.47 Å². The van der Waals surface area contributed by atoms with E-state index in [2.05, 4.69) is 0 Å². The molecule has 148 valence electrons. The van der Waals surface area contributed by atoms with E-state index >= 15 is 0 Å². The van der Waals surface area contributed by atoms with Crippen LogP contribution in [0.4, 0.5) is 0 Å². The number of nitrogens with zero attached hydrogens (tertiary/aromatic N) is 1. The fraction of sp³-hybridized carbons (Fsp3) is 0.364. The Balaban J connectivity index is 1.77. The lowest BCUT2D eigenvalue weighted by Crippen LogP contribution is -2.29. The van der Waals surface area contributed by atoms with Gasteiger partial charge in [-0.25, -0.2) is 4.79 Å². The van der Waals surface area contributed by atoms with E-state index in [4.69, 9.17) is 9.47 Å². The van der Waals surface area contributed by atoms with E-state index < -0.39 is 5.97 Å². The molecule has 1 atom stereocenters. The van der Waals surface area contributed by atoms with Crippen LogP contribution in [0.3, 0.4) is 0 Å². The Morgan fingerprint density at radius 2 is 1.68 bits per heavy atom. The summed E-state index contributed by atoms with van der Waals surface area (Å²) in [5.74, 6) is -0.776. The number of carbonyl (C=O) groups is 2. The SMILES string of the molecule is COCCOCC1CCN(C(=O)c2ccccc2-c2ccccc2C(=O)O)C1. The van der Waals surface area contributed by atoms with Crippen LogP contribution in [-0.4, -0.2) is 61.9 Å². The predicted molar refractivity (Wildman–Crippen MR) is 106 cm³/mol.